The Bertz CT molecular complexity index is 808. The lowest BCUT2D eigenvalue weighted by molar-refractivity contribution is 0.0954. The van der Waals surface area contributed by atoms with E-state index in [1.165, 1.54) is 24.4 Å². The SMILES string of the molecule is NS(=O)(=O)c1ccc(CCNC(=O)c2cc[nH]c(=O)c2)s1. The second kappa shape index (κ2) is 6.20. The molecule has 2 aromatic heterocycles. The van der Waals surface area contributed by atoms with Crippen molar-refractivity contribution in [3.8, 4) is 0 Å². The van der Waals surface area contributed by atoms with Crippen molar-refractivity contribution in [1.82, 2.24) is 10.3 Å². The maximum absolute atomic E-state index is 11.8. The first-order chi connectivity index (χ1) is 9.86. The molecule has 0 aliphatic rings. The molecule has 0 aliphatic carbocycles. The molecular weight excluding hydrogens is 314 g/mol. The van der Waals surface area contributed by atoms with Crippen molar-refractivity contribution in [2.24, 2.45) is 5.14 Å². The van der Waals surface area contributed by atoms with Gasteiger partial charge in [-0.15, -0.1) is 11.3 Å². The first-order valence-corrected chi connectivity index (χ1v) is 8.31. The maximum Gasteiger partial charge on any atom is 0.251 e. The summed E-state index contributed by atoms with van der Waals surface area (Å²) in [6, 6.07) is 5.80. The average molecular weight is 327 g/mol. The Morgan fingerprint density at radius 2 is 2.10 bits per heavy atom. The van der Waals surface area contributed by atoms with Gasteiger partial charge in [0, 0.05) is 29.2 Å². The van der Waals surface area contributed by atoms with Gasteiger partial charge in [-0.05, 0) is 24.6 Å². The van der Waals surface area contributed by atoms with Crippen LogP contribution in [0.2, 0.25) is 0 Å². The molecule has 0 saturated heterocycles. The number of pyridine rings is 1. The van der Waals surface area contributed by atoms with Gasteiger partial charge in [0.2, 0.25) is 15.6 Å². The van der Waals surface area contributed by atoms with Crippen molar-refractivity contribution >= 4 is 27.3 Å². The van der Waals surface area contributed by atoms with Gasteiger partial charge in [-0.25, -0.2) is 13.6 Å². The summed E-state index contributed by atoms with van der Waals surface area (Å²) in [4.78, 5) is 26.1. The molecule has 9 heteroatoms. The van der Waals surface area contributed by atoms with Crippen LogP contribution in [0.4, 0.5) is 0 Å². The second-order valence-corrected chi connectivity index (χ2v) is 7.17. The standard InChI is InChI=1S/C12H13N3O4S2/c13-21(18,19)11-2-1-9(20-11)4-6-15-12(17)8-3-5-14-10(16)7-8/h1-3,5,7H,4,6H2,(H,14,16)(H,15,17)(H2,13,18,19). The predicted molar refractivity (Wildman–Crippen MR) is 78.8 cm³/mol. The third kappa shape index (κ3) is 4.25. The van der Waals surface area contributed by atoms with E-state index in [2.05, 4.69) is 10.3 Å². The van der Waals surface area contributed by atoms with Crippen LogP contribution in [0, 0.1) is 0 Å². The fraction of sp³-hybridized carbons (Fsp3) is 0.167. The molecule has 0 aliphatic heterocycles. The zero-order chi connectivity index (χ0) is 15.5. The number of carbonyl (C=O) groups is 1. The number of hydrogen-bond donors (Lipinski definition) is 3. The van der Waals surface area contributed by atoms with E-state index in [1.54, 1.807) is 6.07 Å². The van der Waals surface area contributed by atoms with Crippen LogP contribution in [-0.2, 0) is 16.4 Å². The molecule has 2 heterocycles. The van der Waals surface area contributed by atoms with E-state index in [0.29, 0.717) is 13.0 Å². The fourth-order valence-corrected chi connectivity index (χ4v) is 3.41. The van der Waals surface area contributed by atoms with E-state index in [-0.39, 0.29) is 21.2 Å². The van der Waals surface area contributed by atoms with Gasteiger partial charge in [-0.2, -0.15) is 0 Å². The van der Waals surface area contributed by atoms with Gasteiger partial charge < -0.3 is 10.3 Å². The molecule has 0 unspecified atom stereocenters. The first-order valence-electron chi connectivity index (χ1n) is 5.95. The summed E-state index contributed by atoms with van der Waals surface area (Å²) in [6.45, 7) is 0.330. The number of aromatic nitrogens is 1. The Balaban J connectivity index is 1.91. The molecule has 1 amide bonds. The largest absolute Gasteiger partial charge is 0.352 e. The Hall–Kier alpha value is -1.97. The average Bonchev–Trinajstić information content (AvgIpc) is 2.87. The molecular formula is C12H13N3O4S2. The minimum absolute atomic E-state index is 0.0958. The molecule has 0 bridgehead atoms. The number of nitrogens with two attached hydrogens (primary N) is 1. The van der Waals surface area contributed by atoms with Crippen molar-refractivity contribution in [2.75, 3.05) is 6.54 Å². The Labute approximate surface area is 124 Å². The number of carbonyl (C=O) groups excluding carboxylic acids is 1. The zero-order valence-corrected chi connectivity index (χ0v) is 12.5. The van der Waals surface area contributed by atoms with Gasteiger partial charge in [-0.3, -0.25) is 9.59 Å². The lowest BCUT2D eigenvalue weighted by Gasteiger charge is -2.03. The van der Waals surface area contributed by atoms with E-state index >= 15 is 0 Å². The van der Waals surface area contributed by atoms with Crippen molar-refractivity contribution in [3.05, 3.63) is 51.3 Å². The lowest BCUT2D eigenvalue weighted by Crippen LogP contribution is -2.26. The van der Waals surface area contributed by atoms with Crippen molar-refractivity contribution < 1.29 is 13.2 Å². The van der Waals surface area contributed by atoms with Crippen LogP contribution < -0.4 is 16.0 Å². The number of thiophene rings is 1. The monoisotopic (exact) mass is 327 g/mol. The Morgan fingerprint density at radius 1 is 1.33 bits per heavy atom. The smallest absolute Gasteiger partial charge is 0.251 e. The molecule has 7 nitrogen and oxygen atoms in total. The van der Waals surface area contributed by atoms with E-state index in [1.807, 2.05) is 0 Å². The van der Waals surface area contributed by atoms with E-state index < -0.39 is 10.0 Å². The van der Waals surface area contributed by atoms with E-state index in [4.69, 9.17) is 5.14 Å². The highest BCUT2D eigenvalue weighted by Gasteiger charge is 2.11. The van der Waals surface area contributed by atoms with Crippen LogP contribution in [0.1, 0.15) is 15.2 Å². The van der Waals surface area contributed by atoms with Crippen LogP contribution in [0.25, 0.3) is 0 Å². The summed E-state index contributed by atoms with van der Waals surface area (Å²) < 4.78 is 22.4. The maximum atomic E-state index is 11.8. The molecule has 0 atom stereocenters. The van der Waals surface area contributed by atoms with E-state index in [9.17, 15) is 18.0 Å². The summed E-state index contributed by atoms with van der Waals surface area (Å²) in [5, 5.41) is 7.67. The van der Waals surface area contributed by atoms with E-state index in [0.717, 1.165) is 16.2 Å². The number of sulfonamides is 1. The molecule has 4 N–H and O–H groups in total. The summed E-state index contributed by atoms with van der Waals surface area (Å²) in [7, 11) is -3.68. The van der Waals surface area contributed by atoms with Crippen LogP contribution in [0.5, 0.6) is 0 Å². The topological polar surface area (TPSA) is 122 Å². The first kappa shape index (κ1) is 15.4. The van der Waals surface area contributed by atoms with Gasteiger partial charge in [0.1, 0.15) is 4.21 Å². The summed E-state index contributed by atoms with van der Waals surface area (Å²) in [5.74, 6) is -0.357. The molecule has 0 spiro atoms. The number of amides is 1. The molecule has 0 fully saturated rings. The van der Waals surface area contributed by atoms with Crippen molar-refractivity contribution in [2.45, 2.75) is 10.6 Å². The highest BCUT2D eigenvalue weighted by atomic mass is 32.2. The minimum atomic E-state index is -3.68. The lowest BCUT2D eigenvalue weighted by atomic mass is 10.2. The van der Waals surface area contributed by atoms with Gasteiger partial charge >= 0.3 is 0 Å². The molecule has 0 aromatic carbocycles. The van der Waals surface area contributed by atoms with Gasteiger partial charge in [0.15, 0.2) is 0 Å². The van der Waals surface area contributed by atoms with Crippen molar-refractivity contribution in [3.63, 3.8) is 0 Å². The Morgan fingerprint density at radius 3 is 2.71 bits per heavy atom. The predicted octanol–water partition coefficient (Wildman–Crippen LogP) is 0.0563. The van der Waals surface area contributed by atoms with Crippen LogP contribution in [0.15, 0.2) is 39.5 Å². The highest BCUT2D eigenvalue weighted by molar-refractivity contribution is 7.91. The minimum Gasteiger partial charge on any atom is -0.352 e. The quantitative estimate of drug-likeness (QED) is 0.718. The molecule has 2 aromatic rings. The normalized spacial score (nSPS) is 11.3. The second-order valence-electron chi connectivity index (χ2n) is 4.21. The number of hydrogen-bond acceptors (Lipinski definition) is 5. The molecule has 21 heavy (non-hydrogen) atoms. The summed E-state index contributed by atoms with van der Waals surface area (Å²) >= 11 is 1.07. The van der Waals surface area contributed by atoms with Crippen LogP contribution >= 0.6 is 11.3 Å². The van der Waals surface area contributed by atoms with Gasteiger partial charge in [0.05, 0.1) is 0 Å². The number of rotatable bonds is 5. The number of nitrogens with one attached hydrogen (secondary N) is 2. The van der Waals surface area contributed by atoms with Crippen LogP contribution in [0.3, 0.4) is 0 Å². The number of aromatic amines is 1. The zero-order valence-electron chi connectivity index (χ0n) is 10.8. The number of H-pyrrole nitrogens is 1. The molecule has 0 radical (unpaired) electrons. The van der Waals surface area contributed by atoms with Gasteiger partial charge in [-0.1, -0.05) is 0 Å². The Kier molecular flexibility index (Phi) is 4.56. The molecule has 0 saturated carbocycles. The summed E-state index contributed by atoms with van der Waals surface area (Å²) in [5.41, 5.74) is -0.0751. The number of primary sulfonamides is 1. The molecule has 2 rings (SSSR count). The third-order valence-electron chi connectivity index (χ3n) is 2.61. The van der Waals surface area contributed by atoms with Crippen molar-refractivity contribution in [1.29, 1.82) is 0 Å². The summed E-state index contributed by atoms with van der Waals surface area (Å²) in [6.07, 6.45) is 1.88. The molecule has 112 valence electrons. The van der Waals surface area contributed by atoms with Crippen LogP contribution in [-0.4, -0.2) is 25.9 Å². The highest BCUT2D eigenvalue weighted by Crippen LogP contribution is 2.20. The van der Waals surface area contributed by atoms with Gasteiger partial charge in [0.25, 0.3) is 5.91 Å². The third-order valence-corrected chi connectivity index (χ3v) is 5.20. The fourth-order valence-electron chi connectivity index (χ4n) is 1.63.